The van der Waals surface area contributed by atoms with Crippen LogP contribution in [0, 0.1) is 23.7 Å². The molecule has 1 fully saturated rings. The molecule has 4 unspecified atom stereocenters. The van der Waals surface area contributed by atoms with Gasteiger partial charge in [0.25, 0.3) is 0 Å². The number of carbonyl (C=O) groups is 2. The molecule has 0 spiro atoms. The Hall–Kier alpha value is -0.310. The molecule has 0 aromatic rings. The quantitative estimate of drug-likeness (QED) is 0.483. The Labute approximate surface area is 110 Å². The molecule has 0 aliphatic heterocycles. The summed E-state index contributed by atoms with van der Waals surface area (Å²) >= 11 is 0. The first-order valence-electron chi connectivity index (χ1n) is 4.88. The molecule has 0 heterocycles. The molecule has 80 valence electrons. The fourth-order valence-corrected chi connectivity index (χ4v) is 2.97. The Balaban J connectivity index is 0.000000358. The van der Waals surface area contributed by atoms with Gasteiger partial charge < -0.3 is 9.59 Å². The summed E-state index contributed by atoms with van der Waals surface area (Å²) in [6.45, 7) is 4.00. The summed E-state index contributed by atoms with van der Waals surface area (Å²) in [4.78, 5) is 16.0. The van der Waals surface area contributed by atoms with Crippen LogP contribution in [0.15, 0.2) is 24.3 Å². The Morgan fingerprint density at radius 1 is 0.933 bits per heavy atom. The maximum atomic E-state index is 8.00. The average Bonchev–Trinajstić information content (AvgIpc) is 2.97. The van der Waals surface area contributed by atoms with Gasteiger partial charge in [0.1, 0.15) is 13.6 Å². The van der Waals surface area contributed by atoms with Gasteiger partial charge in [0.05, 0.1) is 0 Å². The number of carbonyl (C=O) groups excluding carboxylic acids is 2. The first kappa shape index (κ1) is 14.7. The van der Waals surface area contributed by atoms with Gasteiger partial charge in [-0.15, -0.1) is 0 Å². The molecule has 3 aliphatic rings. The van der Waals surface area contributed by atoms with Crippen molar-refractivity contribution < 1.29 is 35.4 Å². The molecule has 0 amide bonds. The molecule has 3 heteroatoms. The summed E-state index contributed by atoms with van der Waals surface area (Å²) in [5.74, 6) is 3.82. The second-order valence-electron chi connectivity index (χ2n) is 3.85. The van der Waals surface area contributed by atoms with Crippen molar-refractivity contribution in [3.8, 4) is 0 Å². The summed E-state index contributed by atoms with van der Waals surface area (Å²) in [7, 11) is 0. The fourth-order valence-electron chi connectivity index (χ4n) is 2.97. The van der Waals surface area contributed by atoms with Crippen molar-refractivity contribution in [2.75, 3.05) is 0 Å². The average molecular weight is 371 g/mol. The molecule has 0 aromatic carbocycles. The summed E-state index contributed by atoms with van der Waals surface area (Å²) in [6, 6.07) is 0. The molecule has 3 aliphatic carbocycles. The van der Waals surface area contributed by atoms with Crippen LogP contribution in [0.25, 0.3) is 0 Å². The Morgan fingerprint density at radius 2 is 1.53 bits per heavy atom. The second kappa shape index (κ2) is 7.04. The van der Waals surface area contributed by atoms with Crippen molar-refractivity contribution in [2.45, 2.75) is 12.8 Å². The molecule has 15 heavy (non-hydrogen) atoms. The monoisotopic (exact) mass is 372 g/mol. The second-order valence-corrected chi connectivity index (χ2v) is 3.85. The Kier molecular flexibility index (Phi) is 6.90. The van der Waals surface area contributed by atoms with E-state index < -0.39 is 0 Å². The van der Waals surface area contributed by atoms with E-state index in [0.717, 1.165) is 23.7 Å². The topological polar surface area (TPSA) is 34.1 Å². The standard InChI is InChI=1S/C10H12.2CH2O.Hf/c1-2-9-7-4-5-8(6-7)10(9)3-1;2*1-2;/h1-2,4-5,7-10H,3,6H2;2*1H2;. The van der Waals surface area contributed by atoms with Crippen molar-refractivity contribution in [3.05, 3.63) is 24.3 Å². The van der Waals surface area contributed by atoms with E-state index in [0.29, 0.717) is 0 Å². The Bertz CT molecular complexity index is 248. The van der Waals surface area contributed by atoms with E-state index in [9.17, 15) is 0 Å². The smallest absolute Gasteiger partial charge is 0.106 e. The molecule has 1 saturated carbocycles. The molecule has 4 atom stereocenters. The zero-order valence-electron chi connectivity index (χ0n) is 8.76. The molecule has 0 aromatic heterocycles. The minimum Gasteiger partial charge on any atom is -0.307 e. The van der Waals surface area contributed by atoms with Gasteiger partial charge in [-0.25, -0.2) is 0 Å². The van der Waals surface area contributed by atoms with E-state index in [-0.39, 0.29) is 25.8 Å². The summed E-state index contributed by atoms with van der Waals surface area (Å²) < 4.78 is 0. The van der Waals surface area contributed by atoms with Crippen LogP contribution in [0.5, 0.6) is 0 Å². The summed E-state index contributed by atoms with van der Waals surface area (Å²) in [5, 5.41) is 0. The van der Waals surface area contributed by atoms with Crippen molar-refractivity contribution in [3.63, 3.8) is 0 Å². The predicted octanol–water partition coefficient (Wildman–Crippen LogP) is 2.01. The zero-order valence-corrected chi connectivity index (χ0v) is 12.4. The Morgan fingerprint density at radius 3 is 2.13 bits per heavy atom. The van der Waals surface area contributed by atoms with Crippen LogP contribution in [0.3, 0.4) is 0 Å². The predicted molar refractivity (Wildman–Crippen MR) is 55.7 cm³/mol. The molecule has 2 bridgehead atoms. The zero-order chi connectivity index (χ0) is 10.6. The van der Waals surface area contributed by atoms with Crippen LogP contribution in [-0.4, -0.2) is 13.6 Å². The minimum absolute atomic E-state index is 0. The number of hydrogen-bond donors (Lipinski definition) is 0. The third-order valence-electron chi connectivity index (χ3n) is 3.46. The summed E-state index contributed by atoms with van der Waals surface area (Å²) in [6.07, 6.45) is 12.5. The van der Waals surface area contributed by atoms with Crippen molar-refractivity contribution in [1.29, 1.82) is 0 Å². The molecule has 3 rings (SSSR count). The van der Waals surface area contributed by atoms with E-state index in [2.05, 4.69) is 24.3 Å². The van der Waals surface area contributed by atoms with Gasteiger partial charge in [0.2, 0.25) is 0 Å². The third kappa shape index (κ3) is 2.63. The van der Waals surface area contributed by atoms with E-state index in [1.165, 1.54) is 12.8 Å². The van der Waals surface area contributed by atoms with Gasteiger partial charge in [0, 0.05) is 25.8 Å². The van der Waals surface area contributed by atoms with E-state index in [1.54, 1.807) is 0 Å². The van der Waals surface area contributed by atoms with Gasteiger partial charge in [-0.2, -0.15) is 0 Å². The molecule has 0 radical (unpaired) electrons. The van der Waals surface area contributed by atoms with Gasteiger partial charge in [-0.1, -0.05) is 24.3 Å². The van der Waals surface area contributed by atoms with Crippen LogP contribution in [0.4, 0.5) is 0 Å². The minimum atomic E-state index is 0. The number of hydrogen-bond acceptors (Lipinski definition) is 2. The molecular formula is C12H16HfO2. The fraction of sp³-hybridized carbons (Fsp3) is 0.500. The first-order valence-corrected chi connectivity index (χ1v) is 4.88. The van der Waals surface area contributed by atoms with E-state index in [4.69, 9.17) is 9.59 Å². The van der Waals surface area contributed by atoms with Crippen molar-refractivity contribution in [2.24, 2.45) is 23.7 Å². The van der Waals surface area contributed by atoms with E-state index in [1.807, 2.05) is 13.6 Å². The number of allylic oxidation sites excluding steroid dienone is 4. The van der Waals surface area contributed by atoms with Crippen LogP contribution in [0.2, 0.25) is 0 Å². The van der Waals surface area contributed by atoms with Crippen molar-refractivity contribution >= 4 is 13.6 Å². The molecular weight excluding hydrogens is 355 g/mol. The van der Waals surface area contributed by atoms with Gasteiger partial charge >= 0.3 is 0 Å². The summed E-state index contributed by atoms with van der Waals surface area (Å²) in [5.41, 5.74) is 0. The number of fused-ring (bicyclic) bond motifs is 5. The number of rotatable bonds is 0. The molecule has 0 saturated heterocycles. The SMILES string of the molecule is C1=CC2C3C=CC(C3)C2C1.C=O.C=O.[Hf]. The van der Waals surface area contributed by atoms with Gasteiger partial charge in [-0.05, 0) is 36.5 Å². The maximum absolute atomic E-state index is 8.00. The van der Waals surface area contributed by atoms with Crippen LogP contribution >= 0.6 is 0 Å². The first-order chi connectivity index (χ1) is 6.95. The van der Waals surface area contributed by atoms with Crippen LogP contribution in [0.1, 0.15) is 12.8 Å². The van der Waals surface area contributed by atoms with Crippen LogP contribution < -0.4 is 0 Å². The normalized spacial score (nSPS) is 36.8. The largest absolute Gasteiger partial charge is 0.307 e. The van der Waals surface area contributed by atoms with Crippen LogP contribution in [-0.2, 0) is 35.4 Å². The molecule has 2 nitrogen and oxygen atoms in total. The maximum Gasteiger partial charge on any atom is 0.106 e. The van der Waals surface area contributed by atoms with E-state index >= 15 is 0 Å². The molecule has 0 N–H and O–H groups in total. The van der Waals surface area contributed by atoms with Crippen molar-refractivity contribution in [1.82, 2.24) is 0 Å². The van der Waals surface area contributed by atoms with Gasteiger partial charge in [0.15, 0.2) is 0 Å². The van der Waals surface area contributed by atoms with Gasteiger partial charge in [-0.3, -0.25) is 0 Å². The third-order valence-corrected chi connectivity index (χ3v) is 3.46.